The summed E-state index contributed by atoms with van der Waals surface area (Å²) in [5.74, 6) is -1.45. The van der Waals surface area contributed by atoms with Gasteiger partial charge in [-0.3, -0.25) is 10.00 Å². The molecule has 30 heavy (non-hydrogen) atoms. The molecule has 0 saturated carbocycles. The van der Waals surface area contributed by atoms with Gasteiger partial charge < -0.3 is 0 Å². The largest absolute Gasteiger partial charge is 0.297 e. The van der Waals surface area contributed by atoms with Crippen molar-refractivity contribution in [2.24, 2.45) is 5.92 Å². The third-order valence-corrected chi connectivity index (χ3v) is 5.95. The predicted molar refractivity (Wildman–Crippen MR) is 120 cm³/mol. The maximum absolute atomic E-state index is 14.7. The fourth-order valence-electron chi connectivity index (χ4n) is 3.79. The van der Waals surface area contributed by atoms with Crippen LogP contribution in [0.1, 0.15) is 39.3 Å². The van der Waals surface area contributed by atoms with E-state index in [1.54, 1.807) is 0 Å². The summed E-state index contributed by atoms with van der Waals surface area (Å²) < 4.78 is 28.3. The van der Waals surface area contributed by atoms with Crippen LogP contribution >= 0.6 is 11.6 Å². The molecular formula is C24H28ClF2N3. The third kappa shape index (κ3) is 4.90. The van der Waals surface area contributed by atoms with Gasteiger partial charge in [0.05, 0.1) is 5.69 Å². The van der Waals surface area contributed by atoms with Crippen molar-refractivity contribution >= 4 is 11.6 Å². The molecule has 2 atom stereocenters. The highest BCUT2D eigenvalue weighted by molar-refractivity contribution is 6.30. The quantitative estimate of drug-likeness (QED) is 0.526. The average molecular weight is 432 g/mol. The van der Waals surface area contributed by atoms with Crippen molar-refractivity contribution in [1.29, 1.82) is 0 Å². The van der Waals surface area contributed by atoms with Crippen LogP contribution in [0.4, 0.5) is 8.78 Å². The minimum Gasteiger partial charge on any atom is -0.297 e. The highest BCUT2D eigenvalue weighted by Crippen LogP contribution is 2.42. The van der Waals surface area contributed by atoms with Crippen LogP contribution in [0.2, 0.25) is 5.02 Å². The molecule has 3 nitrogen and oxygen atoms in total. The van der Waals surface area contributed by atoms with Gasteiger partial charge in [-0.1, -0.05) is 36.4 Å². The first-order valence-electron chi connectivity index (χ1n) is 10.0. The SMILES string of the molecule is C=C(/C(F)=C\C(F)=C/C)[C@@H]1CN(C(C)(C)C)C[C@H]1c1cc(-c2ccc(Cl)cc2)n[nH]1. The second-order valence-corrected chi connectivity index (χ2v) is 9.13. The molecule has 1 fully saturated rings. The lowest BCUT2D eigenvalue weighted by Gasteiger charge is -2.31. The summed E-state index contributed by atoms with van der Waals surface area (Å²) >= 11 is 5.98. The van der Waals surface area contributed by atoms with E-state index in [0.717, 1.165) is 29.6 Å². The number of H-pyrrole nitrogens is 1. The third-order valence-electron chi connectivity index (χ3n) is 5.70. The Morgan fingerprint density at radius 1 is 1.23 bits per heavy atom. The second-order valence-electron chi connectivity index (χ2n) is 8.70. The Morgan fingerprint density at radius 3 is 2.50 bits per heavy atom. The summed E-state index contributed by atoms with van der Waals surface area (Å²) in [6.45, 7) is 13.3. The number of likely N-dealkylation sites (tertiary alicyclic amines) is 1. The molecular weight excluding hydrogens is 404 g/mol. The van der Waals surface area contributed by atoms with Gasteiger partial charge >= 0.3 is 0 Å². The van der Waals surface area contributed by atoms with Crippen molar-refractivity contribution in [3.05, 3.63) is 77.0 Å². The molecule has 1 aliphatic heterocycles. The van der Waals surface area contributed by atoms with Crippen molar-refractivity contribution in [1.82, 2.24) is 15.1 Å². The Hall–Kier alpha value is -2.24. The van der Waals surface area contributed by atoms with Crippen LogP contribution in [-0.2, 0) is 0 Å². The van der Waals surface area contributed by atoms with Gasteiger partial charge in [0.15, 0.2) is 0 Å². The van der Waals surface area contributed by atoms with Crippen LogP contribution in [0.5, 0.6) is 0 Å². The topological polar surface area (TPSA) is 31.9 Å². The fraction of sp³-hybridized carbons (Fsp3) is 0.375. The van der Waals surface area contributed by atoms with Crippen molar-refractivity contribution in [3.8, 4) is 11.3 Å². The Morgan fingerprint density at radius 2 is 1.90 bits per heavy atom. The monoisotopic (exact) mass is 431 g/mol. The molecule has 6 heteroatoms. The van der Waals surface area contributed by atoms with Crippen LogP contribution < -0.4 is 0 Å². The number of allylic oxidation sites excluding steroid dienone is 4. The number of hydrogen-bond donors (Lipinski definition) is 1. The first-order valence-corrected chi connectivity index (χ1v) is 10.4. The standard InChI is InChI=1S/C24H28ClF2N3/c1-6-18(26)11-21(27)15(2)19-13-30(24(3,4)5)14-20(19)23-12-22(28-29-23)16-7-9-17(25)10-8-16/h6-12,19-20H,2,13-14H2,1,3-5H3,(H,28,29)/b18-6+,21-11+/t19-,20+/m0/s1. The molecule has 1 aliphatic rings. The molecule has 2 heterocycles. The van der Waals surface area contributed by atoms with Crippen LogP contribution in [0.15, 0.2) is 66.3 Å². The van der Waals surface area contributed by atoms with Crippen molar-refractivity contribution in [3.63, 3.8) is 0 Å². The van der Waals surface area contributed by atoms with Gasteiger partial charge in [0.2, 0.25) is 0 Å². The lowest BCUT2D eigenvalue weighted by Crippen LogP contribution is -2.39. The predicted octanol–water partition coefficient (Wildman–Crippen LogP) is 6.83. The van der Waals surface area contributed by atoms with E-state index in [4.69, 9.17) is 11.6 Å². The molecule has 0 bridgehead atoms. The van der Waals surface area contributed by atoms with Crippen LogP contribution in [0.3, 0.4) is 0 Å². The summed E-state index contributed by atoms with van der Waals surface area (Å²) in [6.07, 6.45) is 2.14. The molecule has 1 aromatic carbocycles. The first kappa shape index (κ1) is 22.4. The lowest BCUT2D eigenvalue weighted by molar-refractivity contribution is 0.169. The zero-order valence-corrected chi connectivity index (χ0v) is 18.6. The Labute approximate surface area is 182 Å². The normalized spacial score (nSPS) is 21.3. The Bertz CT molecular complexity index is 967. The fourth-order valence-corrected chi connectivity index (χ4v) is 3.92. The van der Waals surface area contributed by atoms with E-state index in [1.165, 1.54) is 13.0 Å². The van der Waals surface area contributed by atoms with Gasteiger partial charge in [-0.15, -0.1) is 0 Å². The highest BCUT2D eigenvalue weighted by Gasteiger charge is 2.41. The maximum Gasteiger partial charge on any atom is 0.129 e. The molecule has 1 saturated heterocycles. The number of nitrogens with zero attached hydrogens (tertiary/aromatic N) is 2. The van der Waals surface area contributed by atoms with Gasteiger partial charge in [-0.05, 0) is 51.5 Å². The van der Waals surface area contributed by atoms with Gasteiger partial charge in [-0.25, -0.2) is 8.78 Å². The zero-order valence-electron chi connectivity index (χ0n) is 17.8. The average Bonchev–Trinajstić information content (AvgIpc) is 3.34. The summed E-state index contributed by atoms with van der Waals surface area (Å²) in [4.78, 5) is 2.30. The number of rotatable bonds is 5. The molecule has 3 rings (SSSR count). The number of benzene rings is 1. The maximum atomic E-state index is 14.7. The van der Waals surface area contributed by atoms with E-state index in [9.17, 15) is 8.78 Å². The van der Waals surface area contributed by atoms with E-state index in [2.05, 4.69) is 42.4 Å². The van der Waals surface area contributed by atoms with E-state index in [0.29, 0.717) is 17.1 Å². The van der Waals surface area contributed by atoms with E-state index >= 15 is 0 Å². The molecule has 0 unspecified atom stereocenters. The smallest absolute Gasteiger partial charge is 0.129 e. The summed E-state index contributed by atoms with van der Waals surface area (Å²) in [5.41, 5.74) is 2.89. The molecule has 0 radical (unpaired) electrons. The van der Waals surface area contributed by atoms with Gasteiger partial charge in [0.25, 0.3) is 0 Å². The van der Waals surface area contributed by atoms with Gasteiger partial charge in [0.1, 0.15) is 11.7 Å². The van der Waals surface area contributed by atoms with Crippen LogP contribution in [0.25, 0.3) is 11.3 Å². The zero-order chi connectivity index (χ0) is 22.1. The number of aromatic nitrogens is 2. The molecule has 1 N–H and O–H groups in total. The van der Waals surface area contributed by atoms with Crippen molar-refractivity contribution in [2.45, 2.75) is 39.2 Å². The summed E-state index contributed by atoms with van der Waals surface area (Å²) in [5, 5.41) is 8.25. The number of nitrogens with one attached hydrogen (secondary N) is 1. The molecule has 160 valence electrons. The number of hydrogen-bond acceptors (Lipinski definition) is 2. The van der Waals surface area contributed by atoms with Crippen LogP contribution in [-0.4, -0.2) is 33.7 Å². The number of aromatic amines is 1. The van der Waals surface area contributed by atoms with Gasteiger partial charge in [-0.2, -0.15) is 5.10 Å². The van der Waals surface area contributed by atoms with Crippen molar-refractivity contribution < 1.29 is 8.78 Å². The van der Waals surface area contributed by atoms with E-state index in [-0.39, 0.29) is 17.4 Å². The van der Waals surface area contributed by atoms with Gasteiger partial charge in [0, 0.05) is 52.8 Å². The molecule has 0 spiro atoms. The minimum atomic E-state index is -0.617. The van der Waals surface area contributed by atoms with Crippen LogP contribution in [0, 0.1) is 5.92 Å². The highest BCUT2D eigenvalue weighted by atomic mass is 35.5. The van der Waals surface area contributed by atoms with Crippen molar-refractivity contribution in [2.75, 3.05) is 13.1 Å². The molecule has 0 aliphatic carbocycles. The molecule has 2 aromatic rings. The Balaban J connectivity index is 1.93. The second kappa shape index (κ2) is 8.86. The summed E-state index contributed by atoms with van der Waals surface area (Å²) in [6, 6.07) is 9.47. The van der Waals surface area contributed by atoms with E-state index < -0.39 is 11.7 Å². The number of halogens is 3. The van der Waals surface area contributed by atoms with E-state index in [1.807, 2.05) is 30.3 Å². The Kier molecular flexibility index (Phi) is 6.63. The lowest BCUT2D eigenvalue weighted by atomic mass is 9.86. The first-order chi connectivity index (χ1) is 14.1. The summed E-state index contributed by atoms with van der Waals surface area (Å²) in [7, 11) is 0. The minimum absolute atomic E-state index is 0.0295. The molecule has 1 aromatic heterocycles. The molecule has 0 amide bonds.